The monoisotopic (exact) mass is 304 g/mol. The van der Waals surface area contributed by atoms with Gasteiger partial charge in [-0.05, 0) is 25.0 Å². The third kappa shape index (κ3) is 2.76. The van der Waals surface area contributed by atoms with E-state index in [4.69, 9.17) is 0 Å². The number of sulfone groups is 1. The van der Waals surface area contributed by atoms with Crippen molar-refractivity contribution in [3.63, 3.8) is 0 Å². The summed E-state index contributed by atoms with van der Waals surface area (Å²) >= 11 is 0. The second kappa shape index (κ2) is 5.44. The van der Waals surface area contributed by atoms with E-state index in [-0.39, 0.29) is 5.75 Å². The maximum Gasteiger partial charge on any atom is 0.242 e. The number of nitrogens with zero attached hydrogens (tertiary/aromatic N) is 1. The lowest BCUT2D eigenvalue weighted by Gasteiger charge is -2.21. The van der Waals surface area contributed by atoms with Crippen LogP contribution in [0.5, 0.6) is 0 Å². The minimum Gasteiger partial charge on any atom is -0.323 e. The van der Waals surface area contributed by atoms with Crippen molar-refractivity contribution < 1.29 is 13.2 Å². The van der Waals surface area contributed by atoms with Crippen molar-refractivity contribution in [2.75, 3.05) is 11.1 Å². The highest BCUT2D eigenvalue weighted by Crippen LogP contribution is 2.24. The van der Waals surface area contributed by atoms with Crippen LogP contribution in [-0.4, -0.2) is 30.3 Å². The molecule has 0 spiro atoms. The van der Waals surface area contributed by atoms with Gasteiger partial charge in [0.25, 0.3) is 0 Å². The number of pyridine rings is 1. The molecule has 0 saturated carbocycles. The number of amides is 1. The lowest BCUT2D eigenvalue weighted by molar-refractivity contribution is -0.116. The van der Waals surface area contributed by atoms with Crippen molar-refractivity contribution >= 4 is 32.3 Å². The number of benzene rings is 1. The number of anilines is 1. The summed E-state index contributed by atoms with van der Waals surface area (Å²) < 4.78 is 24.0. The smallest absolute Gasteiger partial charge is 0.242 e. The Morgan fingerprint density at radius 2 is 2.00 bits per heavy atom. The Balaban J connectivity index is 1.90. The molecule has 1 amide bonds. The zero-order chi connectivity index (χ0) is 14.9. The first-order valence-corrected chi connectivity index (χ1v) is 8.66. The van der Waals surface area contributed by atoms with Crippen molar-refractivity contribution in [1.29, 1.82) is 0 Å². The third-order valence-electron chi connectivity index (χ3n) is 3.76. The Bertz CT molecular complexity index is 781. The Labute approximate surface area is 123 Å². The molecule has 1 atom stereocenters. The largest absolute Gasteiger partial charge is 0.323 e. The van der Waals surface area contributed by atoms with Gasteiger partial charge < -0.3 is 5.32 Å². The minimum atomic E-state index is -3.33. The molecule has 6 heteroatoms. The molecule has 0 aliphatic carbocycles. The lowest BCUT2D eigenvalue weighted by Crippen LogP contribution is -2.39. The van der Waals surface area contributed by atoms with E-state index in [1.807, 2.05) is 24.3 Å². The number of aromatic nitrogens is 1. The summed E-state index contributed by atoms with van der Waals surface area (Å²) in [4.78, 5) is 16.6. The molecule has 5 nitrogen and oxygen atoms in total. The van der Waals surface area contributed by atoms with E-state index in [1.165, 1.54) is 0 Å². The Morgan fingerprint density at radius 3 is 2.81 bits per heavy atom. The lowest BCUT2D eigenvalue weighted by atomic mass is 10.1. The number of carbonyl (C=O) groups excluding carboxylic acids is 1. The van der Waals surface area contributed by atoms with Crippen LogP contribution in [0, 0.1) is 0 Å². The SMILES string of the molecule is O=C(Nc1cccc2cccnc12)C1CCCCS1(=O)=O. The summed E-state index contributed by atoms with van der Waals surface area (Å²) in [5.41, 5.74) is 1.22. The van der Waals surface area contributed by atoms with Crippen LogP contribution in [0.3, 0.4) is 0 Å². The van der Waals surface area contributed by atoms with Gasteiger partial charge in [-0.15, -0.1) is 0 Å². The average molecular weight is 304 g/mol. The quantitative estimate of drug-likeness (QED) is 0.922. The normalized spacial score (nSPS) is 21.0. The van der Waals surface area contributed by atoms with Crippen LogP contribution in [-0.2, 0) is 14.6 Å². The zero-order valence-corrected chi connectivity index (χ0v) is 12.3. The fourth-order valence-electron chi connectivity index (χ4n) is 2.67. The minimum absolute atomic E-state index is 0.0961. The molecule has 2 aromatic rings. The predicted octanol–water partition coefficient (Wildman–Crippen LogP) is 2.14. The molecule has 0 bridgehead atoms. The summed E-state index contributed by atoms with van der Waals surface area (Å²) in [6, 6.07) is 9.17. The van der Waals surface area contributed by atoms with Gasteiger partial charge >= 0.3 is 0 Å². The van der Waals surface area contributed by atoms with Crippen molar-refractivity contribution in [3.8, 4) is 0 Å². The second-order valence-corrected chi connectivity index (χ2v) is 7.52. The molecule has 1 fully saturated rings. The number of fused-ring (bicyclic) bond motifs is 1. The van der Waals surface area contributed by atoms with Gasteiger partial charge in [-0.1, -0.05) is 24.6 Å². The van der Waals surface area contributed by atoms with Gasteiger partial charge in [-0.2, -0.15) is 0 Å². The van der Waals surface area contributed by atoms with Crippen LogP contribution in [0.1, 0.15) is 19.3 Å². The number of nitrogens with one attached hydrogen (secondary N) is 1. The van der Waals surface area contributed by atoms with Crippen LogP contribution >= 0.6 is 0 Å². The molecule has 1 aromatic carbocycles. The Morgan fingerprint density at radius 1 is 1.19 bits per heavy atom. The Hall–Kier alpha value is -1.95. The molecule has 0 radical (unpaired) electrons. The highest BCUT2D eigenvalue weighted by atomic mass is 32.2. The zero-order valence-electron chi connectivity index (χ0n) is 11.5. The highest BCUT2D eigenvalue weighted by Gasteiger charge is 2.34. The number of rotatable bonds is 2. The van der Waals surface area contributed by atoms with Crippen molar-refractivity contribution in [2.24, 2.45) is 0 Å². The summed E-state index contributed by atoms with van der Waals surface area (Å²) in [5.74, 6) is -0.355. The standard InChI is InChI=1S/C15H16N2O3S/c18-15(13-8-1-2-10-21(13,19)20)17-12-7-3-5-11-6-4-9-16-14(11)12/h3-7,9,13H,1-2,8,10H2,(H,17,18). The van der Waals surface area contributed by atoms with E-state index >= 15 is 0 Å². The van der Waals surface area contributed by atoms with Crippen molar-refractivity contribution in [2.45, 2.75) is 24.5 Å². The number of hydrogen-bond donors (Lipinski definition) is 1. The molecule has 1 unspecified atom stereocenters. The molecule has 110 valence electrons. The molecule has 1 aliphatic heterocycles. The topological polar surface area (TPSA) is 76.1 Å². The molecule has 21 heavy (non-hydrogen) atoms. The van der Waals surface area contributed by atoms with E-state index in [2.05, 4.69) is 10.3 Å². The van der Waals surface area contributed by atoms with Crippen LogP contribution < -0.4 is 5.32 Å². The maximum atomic E-state index is 12.3. The summed E-state index contributed by atoms with van der Waals surface area (Å²) in [7, 11) is -3.33. The highest BCUT2D eigenvalue weighted by molar-refractivity contribution is 7.92. The molecule has 2 heterocycles. The first-order chi connectivity index (χ1) is 10.1. The number of hydrogen-bond acceptors (Lipinski definition) is 4. The third-order valence-corrected chi connectivity index (χ3v) is 5.94. The van der Waals surface area contributed by atoms with E-state index in [1.54, 1.807) is 12.3 Å². The molecule has 1 aromatic heterocycles. The van der Waals surface area contributed by atoms with Gasteiger partial charge in [0.2, 0.25) is 5.91 Å². The predicted molar refractivity (Wildman–Crippen MR) is 81.8 cm³/mol. The van der Waals surface area contributed by atoms with Gasteiger partial charge in [-0.25, -0.2) is 8.42 Å². The van der Waals surface area contributed by atoms with Gasteiger partial charge in [0, 0.05) is 11.6 Å². The molecule has 3 rings (SSSR count). The second-order valence-electron chi connectivity index (χ2n) is 5.22. The fourth-order valence-corrected chi connectivity index (χ4v) is 4.47. The van der Waals surface area contributed by atoms with Crippen molar-refractivity contribution in [3.05, 3.63) is 36.5 Å². The maximum absolute atomic E-state index is 12.3. The fraction of sp³-hybridized carbons (Fsp3) is 0.333. The van der Waals surface area contributed by atoms with Crippen LogP contribution in [0.15, 0.2) is 36.5 Å². The molecular formula is C15H16N2O3S. The van der Waals surface area contributed by atoms with E-state index in [0.717, 1.165) is 11.8 Å². The number of para-hydroxylation sites is 1. The van der Waals surface area contributed by atoms with Gasteiger partial charge in [0.15, 0.2) is 9.84 Å². The van der Waals surface area contributed by atoms with Gasteiger partial charge in [0.05, 0.1) is 17.0 Å². The molecule has 1 aliphatic rings. The van der Waals surface area contributed by atoms with Crippen LogP contribution in [0.25, 0.3) is 10.9 Å². The van der Waals surface area contributed by atoms with E-state index in [0.29, 0.717) is 24.0 Å². The first-order valence-electron chi connectivity index (χ1n) is 6.94. The van der Waals surface area contributed by atoms with Gasteiger partial charge in [0.1, 0.15) is 5.25 Å². The summed E-state index contributed by atoms with van der Waals surface area (Å²) in [6.45, 7) is 0. The van der Waals surface area contributed by atoms with Crippen LogP contribution in [0.4, 0.5) is 5.69 Å². The average Bonchev–Trinajstić information content (AvgIpc) is 2.47. The first kappa shape index (κ1) is 14.0. The van der Waals surface area contributed by atoms with Crippen LogP contribution in [0.2, 0.25) is 0 Å². The molecule has 1 N–H and O–H groups in total. The van der Waals surface area contributed by atoms with E-state index < -0.39 is 21.0 Å². The molecule has 1 saturated heterocycles. The number of carbonyl (C=O) groups is 1. The summed E-state index contributed by atoms with van der Waals surface area (Å²) in [5, 5.41) is 2.69. The molecular weight excluding hydrogens is 288 g/mol. The van der Waals surface area contributed by atoms with Gasteiger partial charge in [-0.3, -0.25) is 9.78 Å². The van der Waals surface area contributed by atoms with Crippen molar-refractivity contribution in [1.82, 2.24) is 4.98 Å². The summed E-state index contributed by atoms with van der Waals surface area (Å²) in [6.07, 6.45) is 3.45. The Kier molecular flexibility index (Phi) is 3.63. The van der Waals surface area contributed by atoms with E-state index in [9.17, 15) is 13.2 Å².